The van der Waals surface area contributed by atoms with Crippen molar-refractivity contribution in [2.75, 3.05) is 18.4 Å². The molecule has 1 aromatic carbocycles. The molecule has 3 N–H and O–H groups in total. The van der Waals surface area contributed by atoms with Gasteiger partial charge in [-0.1, -0.05) is 19.1 Å². The number of amides is 1. The van der Waals surface area contributed by atoms with Crippen LogP contribution in [-0.4, -0.2) is 30.1 Å². The highest BCUT2D eigenvalue weighted by Gasteiger charge is 2.39. The molecule has 0 spiro atoms. The number of carbonyl (C=O) groups excluding carboxylic acids is 1. The minimum absolute atomic E-state index is 0.0452. The maximum absolute atomic E-state index is 12.4. The van der Waals surface area contributed by atoms with Gasteiger partial charge in [0.25, 0.3) is 0 Å². The number of hydrogen-bond acceptors (Lipinski definition) is 3. The fourth-order valence-electron chi connectivity index (χ4n) is 2.51. The average molecular weight is 288 g/mol. The van der Waals surface area contributed by atoms with Crippen LogP contribution in [0.15, 0.2) is 30.3 Å². The molecule has 21 heavy (non-hydrogen) atoms. The number of aliphatic carboxylic acids is 1. The van der Waals surface area contributed by atoms with Crippen molar-refractivity contribution < 1.29 is 14.7 Å². The van der Waals surface area contributed by atoms with Crippen molar-refractivity contribution in [2.45, 2.75) is 19.8 Å². The van der Waals surface area contributed by atoms with Gasteiger partial charge in [-0.25, -0.2) is 4.79 Å². The van der Waals surface area contributed by atoms with Crippen molar-refractivity contribution >= 4 is 23.6 Å². The summed E-state index contributed by atoms with van der Waals surface area (Å²) in [5.74, 6) is -0.935. The van der Waals surface area contributed by atoms with E-state index in [0.29, 0.717) is 0 Å². The lowest BCUT2D eigenvalue weighted by Crippen LogP contribution is -2.37. The summed E-state index contributed by atoms with van der Waals surface area (Å²) in [6.45, 7) is 3.63. The Morgan fingerprint density at radius 1 is 1.38 bits per heavy atom. The topological polar surface area (TPSA) is 78.4 Å². The number of anilines is 1. The molecular formula is C16H20N2O3. The van der Waals surface area contributed by atoms with E-state index in [4.69, 9.17) is 5.11 Å². The molecule has 0 radical (unpaired) electrons. The summed E-state index contributed by atoms with van der Waals surface area (Å²) in [5.41, 5.74) is 1.19. The van der Waals surface area contributed by atoms with Gasteiger partial charge in [0, 0.05) is 18.3 Å². The minimum Gasteiger partial charge on any atom is -0.478 e. The number of benzene rings is 1. The molecule has 1 atom stereocenters. The third-order valence-electron chi connectivity index (χ3n) is 3.99. The van der Waals surface area contributed by atoms with Crippen molar-refractivity contribution in [1.29, 1.82) is 0 Å². The lowest BCUT2D eigenvalue weighted by atomic mass is 9.83. The molecule has 0 aromatic heterocycles. The van der Waals surface area contributed by atoms with E-state index >= 15 is 0 Å². The predicted molar refractivity (Wildman–Crippen MR) is 82.0 cm³/mol. The van der Waals surface area contributed by atoms with Gasteiger partial charge in [0.1, 0.15) is 0 Å². The second-order valence-corrected chi connectivity index (χ2v) is 5.31. The molecule has 5 nitrogen and oxygen atoms in total. The van der Waals surface area contributed by atoms with E-state index in [1.807, 2.05) is 6.92 Å². The first kappa shape index (κ1) is 15.3. The summed E-state index contributed by atoms with van der Waals surface area (Å²) in [6.07, 6.45) is 4.27. The van der Waals surface area contributed by atoms with Crippen LogP contribution in [0.1, 0.15) is 25.3 Å². The van der Waals surface area contributed by atoms with Gasteiger partial charge in [-0.05, 0) is 43.2 Å². The van der Waals surface area contributed by atoms with E-state index in [2.05, 4.69) is 10.6 Å². The van der Waals surface area contributed by atoms with E-state index in [0.717, 1.165) is 43.3 Å². The molecule has 112 valence electrons. The Hall–Kier alpha value is -2.14. The molecule has 2 rings (SSSR count). The van der Waals surface area contributed by atoms with Crippen LogP contribution < -0.4 is 10.6 Å². The molecule has 1 aliphatic heterocycles. The van der Waals surface area contributed by atoms with Gasteiger partial charge >= 0.3 is 5.97 Å². The second kappa shape index (κ2) is 6.54. The lowest BCUT2D eigenvalue weighted by Gasteiger charge is -2.25. The van der Waals surface area contributed by atoms with Crippen LogP contribution in [0, 0.1) is 5.41 Å². The maximum atomic E-state index is 12.4. The Balaban J connectivity index is 2.03. The number of nitrogens with one attached hydrogen (secondary N) is 2. The minimum atomic E-state index is -0.981. The summed E-state index contributed by atoms with van der Waals surface area (Å²) in [7, 11) is 0. The van der Waals surface area contributed by atoms with Crippen LogP contribution in [0.4, 0.5) is 5.69 Å². The van der Waals surface area contributed by atoms with Crippen molar-refractivity contribution in [3.8, 4) is 0 Å². The zero-order chi connectivity index (χ0) is 15.3. The van der Waals surface area contributed by atoms with Gasteiger partial charge in [-0.3, -0.25) is 4.79 Å². The standard InChI is InChI=1S/C16H20N2O3/c1-2-16(9-10-17-11-16)15(21)18-13-6-3-12(4-7-13)5-8-14(19)20/h3-8,17H,2,9-11H2,1H3,(H,18,21)(H,19,20)/b8-5+. The first-order chi connectivity index (χ1) is 10.1. The fraction of sp³-hybridized carbons (Fsp3) is 0.375. The molecule has 1 unspecified atom stereocenters. The van der Waals surface area contributed by atoms with E-state index in [1.165, 1.54) is 6.08 Å². The monoisotopic (exact) mass is 288 g/mol. The van der Waals surface area contributed by atoms with Crippen LogP contribution >= 0.6 is 0 Å². The smallest absolute Gasteiger partial charge is 0.328 e. The highest BCUT2D eigenvalue weighted by Crippen LogP contribution is 2.31. The molecule has 1 aliphatic rings. The average Bonchev–Trinajstić information content (AvgIpc) is 2.96. The summed E-state index contributed by atoms with van der Waals surface area (Å²) in [5, 5.41) is 14.8. The highest BCUT2D eigenvalue weighted by atomic mass is 16.4. The lowest BCUT2D eigenvalue weighted by molar-refractivity contribution is -0.131. The fourth-order valence-corrected chi connectivity index (χ4v) is 2.51. The number of carboxylic acids is 1. The highest BCUT2D eigenvalue weighted by molar-refractivity contribution is 5.96. The largest absolute Gasteiger partial charge is 0.478 e. The molecule has 1 saturated heterocycles. The first-order valence-electron chi connectivity index (χ1n) is 7.09. The van der Waals surface area contributed by atoms with Gasteiger partial charge in [0.15, 0.2) is 0 Å². The van der Waals surface area contributed by atoms with Gasteiger partial charge in [0.2, 0.25) is 5.91 Å². The van der Waals surface area contributed by atoms with Crippen molar-refractivity contribution in [3.05, 3.63) is 35.9 Å². The van der Waals surface area contributed by atoms with Crippen molar-refractivity contribution in [3.63, 3.8) is 0 Å². The van der Waals surface area contributed by atoms with Crippen LogP contribution in [0.3, 0.4) is 0 Å². The molecule has 0 aliphatic carbocycles. The third kappa shape index (κ3) is 3.70. The van der Waals surface area contributed by atoms with Crippen LogP contribution in [-0.2, 0) is 9.59 Å². The Kier molecular flexibility index (Phi) is 4.75. The first-order valence-corrected chi connectivity index (χ1v) is 7.09. The molecule has 1 aromatic rings. The van der Waals surface area contributed by atoms with Crippen LogP contribution in [0.25, 0.3) is 6.08 Å². The molecule has 1 fully saturated rings. The Morgan fingerprint density at radius 2 is 2.10 bits per heavy atom. The van der Waals surface area contributed by atoms with Gasteiger partial charge in [0.05, 0.1) is 5.41 Å². The predicted octanol–water partition coefficient (Wildman–Crippen LogP) is 2.11. The third-order valence-corrected chi connectivity index (χ3v) is 3.99. The quantitative estimate of drug-likeness (QED) is 0.725. The van der Waals surface area contributed by atoms with Crippen LogP contribution in [0.5, 0.6) is 0 Å². The summed E-state index contributed by atoms with van der Waals surface area (Å²) in [6, 6.07) is 7.12. The zero-order valence-corrected chi connectivity index (χ0v) is 12.1. The normalized spacial score (nSPS) is 21.6. The molecule has 0 bridgehead atoms. The Bertz CT molecular complexity index is 543. The Morgan fingerprint density at radius 3 is 2.62 bits per heavy atom. The van der Waals surface area contributed by atoms with E-state index in [9.17, 15) is 9.59 Å². The van der Waals surface area contributed by atoms with Gasteiger partial charge in [-0.15, -0.1) is 0 Å². The van der Waals surface area contributed by atoms with Gasteiger partial charge < -0.3 is 15.7 Å². The summed E-state index contributed by atoms with van der Waals surface area (Å²) >= 11 is 0. The number of carboxylic acid groups (broad SMARTS) is 1. The molecule has 5 heteroatoms. The molecule has 1 amide bonds. The summed E-state index contributed by atoms with van der Waals surface area (Å²) < 4.78 is 0. The summed E-state index contributed by atoms with van der Waals surface area (Å²) in [4.78, 5) is 22.9. The molecule has 0 saturated carbocycles. The molecular weight excluding hydrogens is 268 g/mol. The van der Waals surface area contributed by atoms with E-state index in [1.54, 1.807) is 24.3 Å². The van der Waals surface area contributed by atoms with Crippen LogP contribution in [0.2, 0.25) is 0 Å². The SMILES string of the molecule is CCC1(C(=O)Nc2ccc(/C=C/C(=O)O)cc2)CCNC1. The zero-order valence-electron chi connectivity index (χ0n) is 12.1. The van der Waals surface area contributed by atoms with E-state index < -0.39 is 5.97 Å². The van der Waals surface area contributed by atoms with Gasteiger partial charge in [-0.2, -0.15) is 0 Å². The maximum Gasteiger partial charge on any atom is 0.328 e. The van der Waals surface area contributed by atoms with Crippen molar-refractivity contribution in [1.82, 2.24) is 5.32 Å². The molecule has 1 heterocycles. The number of carbonyl (C=O) groups is 2. The Labute approximate surface area is 124 Å². The number of rotatable bonds is 5. The second-order valence-electron chi connectivity index (χ2n) is 5.31. The van der Waals surface area contributed by atoms with Crippen molar-refractivity contribution in [2.24, 2.45) is 5.41 Å². The van der Waals surface area contributed by atoms with E-state index in [-0.39, 0.29) is 11.3 Å². The number of hydrogen-bond donors (Lipinski definition) is 3.